The van der Waals surface area contributed by atoms with E-state index in [1.54, 1.807) is 0 Å². The molecule has 0 saturated heterocycles. The molecule has 0 aromatic carbocycles. The van der Waals surface area contributed by atoms with E-state index in [1.807, 2.05) is 6.92 Å². The van der Waals surface area contributed by atoms with Crippen LogP contribution in [0.5, 0.6) is 0 Å². The van der Waals surface area contributed by atoms with Gasteiger partial charge in [-0.15, -0.1) is 0 Å². The van der Waals surface area contributed by atoms with Gasteiger partial charge in [0.1, 0.15) is 0 Å². The molecule has 0 aromatic rings. The summed E-state index contributed by atoms with van der Waals surface area (Å²) in [6, 6.07) is 0. The maximum Gasteiger partial charge on any atom is 0.0829 e. The van der Waals surface area contributed by atoms with Crippen molar-refractivity contribution in [2.75, 3.05) is 0 Å². The van der Waals surface area contributed by atoms with E-state index in [1.165, 1.54) is 5.57 Å². The Hall–Kier alpha value is -0.560. The summed E-state index contributed by atoms with van der Waals surface area (Å²) in [6.07, 6.45) is 5.84. The summed E-state index contributed by atoms with van der Waals surface area (Å²) in [7, 11) is 0. The average molecular weight is 196 g/mol. The van der Waals surface area contributed by atoms with Crippen LogP contribution in [0.25, 0.3) is 0 Å². The number of allylic oxidation sites excluding steroid dienone is 2. The lowest BCUT2D eigenvalue weighted by molar-refractivity contribution is 0.0867. The second-order valence-corrected chi connectivity index (χ2v) is 4.45. The highest BCUT2D eigenvalue weighted by Crippen LogP contribution is 2.24. The molecule has 1 nitrogen and oxygen atoms in total. The highest BCUT2D eigenvalue weighted by molar-refractivity contribution is 5.11. The first-order valence-electron chi connectivity index (χ1n) is 5.44. The molecule has 0 aliphatic carbocycles. The van der Waals surface area contributed by atoms with Crippen LogP contribution >= 0.6 is 0 Å². The Bertz CT molecular complexity index is 207. The summed E-state index contributed by atoms with van der Waals surface area (Å²) in [5.41, 5.74) is 1.58. The van der Waals surface area contributed by atoms with Gasteiger partial charge in [0.15, 0.2) is 0 Å². The van der Waals surface area contributed by atoms with Gasteiger partial charge in [0, 0.05) is 0 Å². The molecule has 0 rings (SSSR count). The smallest absolute Gasteiger partial charge is 0.0829 e. The lowest BCUT2D eigenvalue weighted by Crippen LogP contribution is -2.26. The Morgan fingerprint density at radius 1 is 1.43 bits per heavy atom. The largest absolute Gasteiger partial charge is 0.386 e. The van der Waals surface area contributed by atoms with Crippen molar-refractivity contribution in [3.05, 3.63) is 23.8 Å². The topological polar surface area (TPSA) is 20.2 Å². The molecule has 82 valence electrons. The van der Waals surface area contributed by atoms with Crippen molar-refractivity contribution in [1.29, 1.82) is 0 Å². The Morgan fingerprint density at radius 2 is 2.00 bits per heavy atom. The molecular formula is C13H24O. The maximum atomic E-state index is 10.1. The van der Waals surface area contributed by atoms with Crippen molar-refractivity contribution in [1.82, 2.24) is 0 Å². The second-order valence-electron chi connectivity index (χ2n) is 4.45. The van der Waals surface area contributed by atoms with Crippen molar-refractivity contribution in [3.63, 3.8) is 0 Å². The van der Waals surface area contributed by atoms with Crippen LogP contribution in [-0.4, -0.2) is 10.7 Å². The summed E-state index contributed by atoms with van der Waals surface area (Å²) < 4.78 is 0. The zero-order valence-electron chi connectivity index (χ0n) is 10.1. The molecule has 0 amide bonds. The molecule has 0 aromatic heterocycles. The first-order chi connectivity index (χ1) is 6.40. The van der Waals surface area contributed by atoms with E-state index >= 15 is 0 Å². The summed E-state index contributed by atoms with van der Waals surface area (Å²) in [6.45, 7) is 12.1. The predicted molar refractivity (Wildman–Crippen MR) is 63.3 cm³/mol. The van der Waals surface area contributed by atoms with E-state index < -0.39 is 5.60 Å². The van der Waals surface area contributed by atoms with Crippen LogP contribution in [0.15, 0.2) is 23.8 Å². The van der Waals surface area contributed by atoms with Crippen LogP contribution in [0.3, 0.4) is 0 Å². The molecule has 1 N–H and O–H groups in total. The lowest BCUT2D eigenvalue weighted by Gasteiger charge is -2.25. The third kappa shape index (κ3) is 5.23. The Balaban J connectivity index is 4.06. The Kier molecular flexibility index (Phi) is 5.78. The summed E-state index contributed by atoms with van der Waals surface area (Å²) in [4.78, 5) is 0. The molecule has 0 aliphatic heterocycles. The van der Waals surface area contributed by atoms with Crippen molar-refractivity contribution >= 4 is 0 Å². The molecule has 0 saturated carbocycles. The minimum absolute atomic E-state index is 0.692. The number of aliphatic hydroxyl groups is 1. The van der Waals surface area contributed by atoms with Gasteiger partial charge in [-0.3, -0.25) is 0 Å². The van der Waals surface area contributed by atoms with E-state index in [-0.39, 0.29) is 0 Å². The van der Waals surface area contributed by atoms with Crippen LogP contribution in [0, 0.1) is 0 Å². The molecule has 14 heavy (non-hydrogen) atoms. The van der Waals surface area contributed by atoms with E-state index in [9.17, 15) is 5.11 Å². The van der Waals surface area contributed by atoms with Gasteiger partial charge in [0.25, 0.3) is 0 Å². The summed E-state index contributed by atoms with van der Waals surface area (Å²) >= 11 is 0. The molecule has 1 atom stereocenters. The third-order valence-electron chi connectivity index (χ3n) is 2.50. The molecule has 0 fully saturated rings. The second kappa shape index (κ2) is 6.02. The molecule has 0 aliphatic rings. The monoisotopic (exact) mass is 196 g/mol. The zero-order chi connectivity index (χ0) is 11.2. The highest BCUT2D eigenvalue weighted by Gasteiger charge is 2.22. The van der Waals surface area contributed by atoms with Crippen molar-refractivity contribution < 1.29 is 5.11 Å². The normalized spacial score (nSPS) is 14.6. The maximum absolute atomic E-state index is 10.1. The number of hydrogen-bond acceptors (Lipinski definition) is 1. The van der Waals surface area contributed by atoms with Gasteiger partial charge in [-0.2, -0.15) is 0 Å². The first-order valence-corrected chi connectivity index (χ1v) is 5.44. The molecule has 0 bridgehead atoms. The fraction of sp³-hybridized carbons (Fsp3) is 0.692. The first kappa shape index (κ1) is 13.4. The van der Waals surface area contributed by atoms with E-state index in [4.69, 9.17) is 0 Å². The average Bonchev–Trinajstić information content (AvgIpc) is 2.03. The number of hydrogen-bond donors (Lipinski definition) is 1. The third-order valence-corrected chi connectivity index (χ3v) is 2.50. The Morgan fingerprint density at radius 3 is 2.43 bits per heavy atom. The van der Waals surface area contributed by atoms with E-state index in [2.05, 4.69) is 33.4 Å². The van der Waals surface area contributed by atoms with Gasteiger partial charge in [0.05, 0.1) is 5.60 Å². The lowest BCUT2D eigenvalue weighted by atomic mass is 9.89. The Labute approximate surface area is 88.5 Å². The highest BCUT2D eigenvalue weighted by atomic mass is 16.3. The van der Waals surface area contributed by atoms with Crippen molar-refractivity contribution in [2.24, 2.45) is 0 Å². The molecule has 0 radical (unpaired) electrons. The minimum atomic E-state index is -0.692. The molecule has 1 heteroatoms. The fourth-order valence-electron chi connectivity index (χ4n) is 1.39. The minimum Gasteiger partial charge on any atom is -0.386 e. The van der Waals surface area contributed by atoms with Gasteiger partial charge in [-0.05, 0) is 45.6 Å². The van der Waals surface area contributed by atoms with Gasteiger partial charge < -0.3 is 5.11 Å². The van der Waals surface area contributed by atoms with Gasteiger partial charge in [-0.1, -0.05) is 31.6 Å². The van der Waals surface area contributed by atoms with Crippen LogP contribution in [0.2, 0.25) is 0 Å². The van der Waals surface area contributed by atoms with E-state index in [0.29, 0.717) is 0 Å². The molecule has 0 heterocycles. The SMILES string of the molecule is C=C(CCC)C(C)(O)CCC=C(C)C. The van der Waals surface area contributed by atoms with Gasteiger partial charge in [-0.25, -0.2) is 0 Å². The quantitative estimate of drug-likeness (QED) is 0.640. The van der Waals surface area contributed by atoms with Gasteiger partial charge in [0.2, 0.25) is 0 Å². The number of rotatable bonds is 6. The van der Waals surface area contributed by atoms with Crippen molar-refractivity contribution in [2.45, 2.75) is 59.0 Å². The van der Waals surface area contributed by atoms with Crippen LogP contribution < -0.4 is 0 Å². The van der Waals surface area contributed by atoms with E-state index in [0.717, 1.165) is 31.3 Å². The van der Waals surface area contributed by atoms with Crippen LogP contribution in [0.1, 0.15) is 53.4 Å². The molecule has 0 spiro atoms. The predicted octanol–water partition coefficient (Wildman–Crippen LogP) is 3.84. The molecule has 1 unspecified atom stereocenters. The fourth-order valence-corrected chi connectivity index (χ4v) is 1.39. The standard InChI is InChI=1S/C13H24O/c1-6-8-12(4)13(5,14)10-7-9-11(2)3/h9,14H,4,6-8,10H2,1-3,5H3. The van der Waals surface area contributed by atoms with Crippen LogP contribution in [-0.2, 0) is 0 Å². The van der Waals surface area contributed by atoms with Crippen molar-refractivity contribution in [3.8, 4) is 0 Å². The summed E-state index contributed by atoms with van der Waals surface area (Å²) in [5, 5.41) is 10.1. The summed E-state index contributed by atoms with van der Waals surface area (Å²) in [5.74, 6) is 0. The zero-order valence-corrected chi connectivity index (χ0v) is 10.1. The van der Waals surface area contributed by atoms with Crippen LogP contribution in [0.4, 0.5) is 0 Å². The van der Waals surface area contributed by atoms with Gasteiger partial charge >= 0.3 is 0 Å². The molecular weight excluding hydrogens is 172 g/mol.